The second-order valence-corrected chi connectivity index (χ2v) is 10.7. The summed E-state index contributed by atoms with van der Waals surface area (Å²) in [5, 5.41) is 3.75. The van der Waals surface area contributed by atoms with Gasteiger partial charge in [0.2, 0.25) is 10.0 Å². The van der Waals surface area contributed by atoms with Gasteiger partial charge < -0.3 is 9.73 Å². The quantitative estimate of drug-likeness (QED) is 0.498. The van der Waals surface area contributed by atoms with Crippen LogP contribution in [0.2, 0.25) is 5.15 Å². The largest absolute Gasteiger partial charge is 0.460 e. The van der Waals surface area contributed by atoms with Gasteiger partial charge in [0.1, 0.15) is 16.5 Å². The molecule has 1 aliphatic carbocycles. The number of hydrogen-bond donors (Lipinski definition) is 2. The second-order valence-electron chi connectivity index (χ2n) is 8.53. The number of benzene rings is 1. The molecule has 1 aliphatic rings. The number of fused-ring (bicyclic) bond motifs is 1. The fourth-order valence-corrected chi connectivity index (χ4v) is 4.47. The minimum Gasteiger partial charge on any atom is -0.460 e. The van der Waals surface area contributed by atoms with Crippen molar-refractivity contribution in [3.8, 4) is 0 Å². The smallest absolute Gasteiger partial charge is 0.285 e. The summed E-state index contributed by atoms with van der Waals surface area (Å²) < 4.78 is 31.2. The van der Waals surface area contributed by atoms with Crippen molar-refractivity contribution in [1.29, 1.82) is 0 Å². The summed E-state index contributed by atoms with van der Waals surface area (Å²) in [4.78, 5) is 29.6. The lowest BCUT2D eigenvalue weighted by atomic mass is 9.99. The number of nitrogens with zero attached hydrogens (tertiary/aromatic N) is 1. The summed E-state index contributed by atoms with van der Waals surface area (Å²) in [6, 6.07) is 6.39. The molecule has 2 N–H and O–H groups in total. The highest BCUT2D eigenvalue weighted by atomic mass is 35.5. The maximum absolute atomic E-state index is 13.1. The molecular weight excluding hydrogens is 466 g/mol. The molecule has 0 bridgehead atoms. The Bertz CT molecular complexity index is 1440. The van der Waals surface area contributed by atoms with Crippen LogP contribution in [0.4, 0.5) is 5.69 Å². The molecule has 2 heterocycles. The van der Waals surface area contributed by atoms with Crippen molar-refractivity contribution in [3.63, 3.8) is 0 Å². The molecular formula is C23H24ClN3O5S. The molecule has 0 aliphatic heterocycles. The van der Waals surface area contributed by atoms with E-state index in [1.165, 1.54) is 6.07 Å². The molecule has 8 nitrogen and oxygen atoms in total. The molecule has 3 aromatic rings. The first-order chi connectivity index (χ1) is 15.4. The molecule has 0 saturated heterocycles. The third kappa shape index (κ3) is 4.89. The molecule has 2 aromatic heterocycles. The van der Waals surface area contributed by atoms with Crippen molar-refractivity contribution < 1.29 is 17.6 Å². The van der Waals surface area contributed by atoms with Gasteiger partial charge in [-0.05, 0) is 57.4 Å². The average Bonchev–Trinajstić information content (AvgIpc) is 3.55. The fraction of sp³-hybridized carbons (Fsp3) is 0.348. The van der Waals surface area contributed by atoms with E-state index < -0.39 is 22.0 Å². The van der Waals surface area contributed by atoms with Crippen LogP contribution in [0.5, 0.6) is 0 Å². The highest BCUT2D eigenvalue weighted by Gasteiger charge is 2.30. The molecule has 10 heteroatoms. The minimum absolute atomic E-state index is 0.0447. The molecule has 1 atom stereocenters. The summed E-state index contributed by atoms with van der Waals surface area (Å²) in [6.45, 7) is 5.56. The summed E-state index contributed by atoms with van der Waals surface area (Å²) in [5.41, 5.74) is 2.87. The number of hydrogen-bond acceptors (Lipinski definition) is 7. The highest BCUT2D eigenvalue weighted by molar-refractivity contribution is 7.89. The predicted molar refractivity (Wildman–Crippen MR) is 128 cm³/mol. The Balaban J connectivity index is 1.78. The van der Waals surface area contributed by atoms with Crippen LogP contribution in [-0.4, -0.2) is 25.6 Å². The van der Waals surface area contributed by atoms with Gasteiger partial charge in [-0.1, -0.05) is 17.7 Å². The number of amides is 1. The number of carbonyl (C=O) groups excluding carboxylic acids is 1. The number of rotatable bonds is 6. The molecule has 0 radical (unpaired) electrons. The molecule has 1 aromatic carbocycles. The van der Waals surface area contributed by atoms with Crippen LogP contribution in [0.15, 0.2) is 33.5 Å². The summed E-state index contributed by atoms with van der Waals surface area (Å²) in [7, 11) is -3.79. The number of aryl methyl sites for hydroxylation is 1. The molecule has 1 fully saturated rings. The van der Waals surface area contributed by atoms with Gasteiger partial charge in [0.15, 0.2) is 11.1 Å². The molecule has 0 unspecified atom stereocenters. The standard InChI is InChI=1S/C23H24ClN3O5S/c1-11-9-15(22-16(10-11)20(28)12(2)21(32-22)14-5-6-14)13(3)25-17-7-8-18(24)26-19(17)23(29)27-33(4,30)31/h7-10,13-14,25H,5-6H2,1-4H3,(H,27,29)/t13-/m1/s1. The van der Waals surface area contributed by atoms with Crippen molar-refractivity contribution in [2.24, 2.45) is 0 Å². The maximum Gasteiger partial charge on any atom is 0.285 e. The maximum atomic E-state index is 13.1. The first-order valence-electron chi connectivity index (χ1n) is 10.5. The van der Waals surface area contributed by atoms with Crippen LogP contribution >= 0.6 is 11.6 Å². The molecule has 4 rings (SSSR count). The first-order valence-corrected chi connectivity index (χ1v) is 12.7. The molecule has 174 valence electrons. The van der Waals surface area contributed by atoms with Crippen molar-refractivity contribution >= 4 is 44.2 Å². The Morgan fingerprint density at radius 3 is 2.58 bits per heavy atom. The second kappa shape index (κ2) is 8.46. The summed E-state index contributed by atoms with van der Waals surface area (Å²) in [6.07, 6.45) is 2.88. The average molecular weight is 490 g/mol. The lowest BCUT2D eigenvalue weighted by Crippen LogP contribution is -2.31. The summed E-state index contributed by atoms with van der Waals surface area (Å²) >= 11 is 5.95. The molecule has 0 spiro atoms. The lowest BCUT2D eigenvalue weighted by molar-refractivity contribution is 0.0977. The normalized spacial score (nSPS) is 14.8. The zero-order chi connectivity index (χ0) is 24.1. The number of aromatic nitrogens is 1. The SMILES string of the molecule is Cc1cc([C@@H](C)Nc2ccc(Cl)nc2C(=O)NS(C)(=O)=O)c2oc(C3CC3)c(C)c(=O)c2c1. The zero-order valence-corrected chi connectivity index (χ0v) is 20.2. The van der Waals surface area contributed by atoms with Gasteiger partial charge in [-0.2, -0.15) is 0 Å². The topological polar surface area (TPSA) is 118 Å². The van der Waals surface area contributed by atoms with Crippen LogP contribution in [0, 0.1) is 13.8 Å². The Morgan fingerprint density at radius 1 is 1.24 bits per heavy atom. The Hall–Kier alpha value is -2.91. The van der Waals surface area contributed by atoms with Gasteiger partial charge in [0.25, 0.3) is 5.91 Å². The van der Waals surface area contributed by atoms with Crippen molar-refractivity contribution in [3.05, 3.63) is 67.8 Å². The van der Waals surface area contributed by atoms with E-state index in [9.17, 15) is 18.0 Å². The van der Waals surface area contributed by atoms with Crippen LogP contribution < -0.4 is 15.5 Å². The number of anilines is 1. The van der Waals surface area contributed by atoms with E-state index in [0.717, 1.165) is 36.0 Å². The van der Waals surface area contributed by atoms with E-state index in [1.54, 1.807) is 13.0 Å². The highest BCUT2D eigenvalue weighted by Crippen LogP contribution is 2.42. The van der Waals surface area contributed by atoms with Gasteiger partial charge in [-0.3, -0.25) is 9.59 Å². The van der Waals surface area contributed by atoms with Crippen molar-refractivity contribution in [1.82, 2.24) is 9.71 Å². The lowest BCUT2D eigenvalue weighted by Gasteiger charge is -2.20. The van der Waals surface area contributed by atoms with E-state index >= 15 is 0 Å². The monoisotopic (exact) mass is 489 g/mol. The van der Waals surface area contributed by atoms with Crippen molar-refractivity contribution in [2.75, 3.05) is 11.6 Å². The third-order valence-corrected chi connectivity index (χ3v) is 6.34. The van der Waals surface area contributed by atoms with Crippen LogP contribution in [0.1, 0.15) is 64.7 Å². The number of sulfonamides is 1. The van der Waals surface area contributed by atoms with E-state index in [-0.39, 0.29) is 22.2 Å². The Labute approximate surface area is 196 Å². The van der Waals surface area contributed by atoms with Crippen molar-refractivity contribution in [2.45, 2.75) is 45.6 Å². The van der Waals surface area contributed by atoms with Gasteiger partial charge in [-0.25, -0.2) is 18.1 Å². The van der Waals surface area contributed by atoms with E-state index in [4.69, 9.17) is 16.0 Å². The van der Waals surface area contributed by atoms with Crippen LogP contribution in [0.25, 0.3) is 11.0 Å². The molecule has 33 heavy (non-hydrogen) atoms. The number of carbonyl (C=O) groups is 1. The predicted octanol–water partition coefficient (Wildman–Crippen LogP) is 4.20. The van der Waals surface area contributed by atoms with Gasteiger partial charge >= 0.3 is 0 Å². The van der Waals surface area contributed by atoms with E-state index in [2.05, 4.69) is 10.3 Å². The molecule has 1 saturated carbocycles. The van der Waals surface area contributed by atoms with Gasteiger partial charge in [-0.15, -0.1) is 0 Å². The number of pyridine rings is 1. The zero-order valence-electron chi connectivity index (χ0n) is 18.7. The van der Waals surface area contributed by atoms with Crippen LogP contribution in [0.3, 0.4) is 0 Å². The minimum atomic E-state index is -3.79. The number of nitrogens with one attached hydrogen (secondary N) is 2. The first kappa shape index (κ1) is 23.3. The van der Waals surface area contributed by atoms with E-state index in [0.29, 0.717) is 22.2 Å². The fourth-order valence-electron chi connectivity index (χ4n) is 3.89. The Kier molecular flexibility index (Phi) is 5.96. The number of halogens is 1. The third-order valence-electron chi connectivity index (χ3n) is 5.57. The van der Waals surface area contributed by atoms with E-state index in [1.807, 2.05) is 30.7 Å². The van der Waals surface area contributed by atoms with Crippen LogP contribution in [-0.2, 0) is 10.0 Å². The van der Waals surface area contributed by atoms with Gasteiger partial charge in [0.05, 0.1) is 23.4 Å². The van der Waals surface area contributed by atoms with Gasteiger partial charge in [0, 0.05) is 17.0 Å². The summed E-state index contributed by atoms with van der Waals surface area (Å²) in [5.74, 6) is 0.0967. The molecule has 1 amide bonds. The Morgan fingerprint density at radius 2 is 1.94 bits per heavy atom.